The molecule has 2 N–H and O–H groups in total. The number of fused-ring (bicyclic) bond motifs is 1. The number of methoxy groups -OCH3 is 1. The molecule has 126 valence electrons. The van der Waals surface area contributed by atoms with Gasteiger partial charge in [-0.3, -0.25) is 0 Å². The fourth-order valence-electron chi connectivity index (χ4n) is 3.69. The first-order chi connectivity index (χ1) is 11.2. The van der Waals surface area contributed by atoms with Crippen LogP contribution in [0.25, 0.3) is 0 Å². The molecule has 5 nitrogen and oxygen atoms in total. The largest absolute Gasteiger partial charge is 0.497 e. The van der Waals surface area contributed by atoms with E-state index in [-0.39, 0.29) is 12.1 Å². The van der Waals surface area contributed by atoms with Crippen LogP contribution >= 0.6 is 0 Å². The zero-order chi connectivity index (χ0) is 16.2. The van der Waals surface area contributed by atoms with E-state index >= 15 is 0 Å². The van der Waals surface area contributed by atoms with E-state index in [9.17, 15) is 9.90 Å². The van der Waals surface area contributed by atoms with E-state index in [1.165, 1.54) is 11.1 Å². The summed E-state index contributed by atoms with van der Waals surface area (Å²) in [4.78, 5) is 14.0. The maximum Gasteiger partial charge on any atom is 0.317 e. The Morgan fingerprint density at radius 2 is 2.26 bits per heavy atom. The molecule has 1 saturated heterocycles. The number of benzene rings is 1. The number of aliphatic hydroxyl groups excluding tert-OH is 1. The van der Waals surface area contributed by atoms with E-state index < -0.39 is 0 Å². The average molecular weight is 318 g/mol. The van der Waals surface area contributed by atoms with Crippen molar-refractivity contribution in [2.24, 2.45) is 0 Å². The molecule has 3 rings (SSSR count). The lowest BCUT2D eigenvalue weighted by Gasteiger charge is -2.31. The number of ether oxygens (including phenoxy) is 1. The van der Waals surface area contributed by atoms with Crippen molar-refractivity contribution < 1.29 is 14.6 Å². The molecule has 5 heteroatoms. The number of likely N-dealkylation sites (tertiary alicyclic amines) is 1. The number of nitrogens with one attached hydrogen (secondary N) is 1. The number of aryl methyl sites for hydroxylation is 1. The third kappa shape index (κ3) is 3.78. The van der Waals surface area contributed by atoms with Crippen LogP contribution in [0.5, 0.6) is 5.75 Å². The molecule has 23 heavy (non-hydrogen) atoms. The number of amides is 2. The van der Waals surface area contributed by atoms with Gasteiger partial charge in [0.25, 0.3) is 0 Å². The normalized spacial score (nSPS) is 24.0. The van der Waals surface area contributed by atoms with Crippen LogP contribution in [-0.4, -0.2) is 48.9 Å². The summed E-state index contributed by atoms with van der Waals surface area (Å²) in [7, 11) is 1.69. The summed E-state index contributed by atoms with van der Waals surface area (Å²) in [5, 5.41) is 12.7. The third-order valence-corrected chi connectivity index (χ3v) is 4.97. The van der Waals surface area contributed by atoms with Crippen molar-refractivity contribution >= 4 is 6.03 Å². The van der Waals surface area contributed by atoms with Gasteiger partial charge in [-0.2, -0.15) is 0 Å². The number of hydrogen-bond acceptors (Lipinski definition) is 3. The van der Waals surface area contributed by atoms with E-state index in [0.29, 0.717) is 19.0 Å². The van der Waals surface area contributed by atoms with E-state index in [0.717, 1.165) is 44.4 Å². The number of hydrogen-bond donors (Lipinski definition) is 2. The molecule has 0 saturated carbocycles. The van der Waals surface area contributed by atoms with Gasteiger partial charge in [-0.15, -0.1) is 0 Å². The van der Waals surface area contributed by atoms with Crippen molar-refractivity contribution in [2.75, 3.05) is 26.7 Å². The third-order valence-electron chi connectivity index (χ3n) is 4.97. The van der Waals surface area contributed by atoms with E-state index in [2.05, 4.69) is 17.4 Å². The second-order valence-electron chi connectivity index (χ2n) is 6.58. The Kier molecular flexibility index (Phi) is 5.06. The average Bonchev–Trinajstić information content (AvgIpc) is 2.59. The predicted molar refractivity (Wildman–Crippen MR) is 88.9 cm³/mol. The van der Waals surface area contributed by atoms with Crippen molar-refractivity contribution in [1.29, 1.82) is 0 Å². The van der Waals surface area contributed by atoms with Crippen molar-refractivity contribution in [1.82, 2.24) is 10.2 Å². The second-order valence-corrected chi connectivity index (χ2v) is 6.58. The van der Waals surface area contributed by atoms with Gasteiger partial charge in [0.15, 0.2) is 0 Å². The Morgan fingerprint density at radius 1 is 1.39 bits per heavy atom. The SMILES string of the molecule is COc1ccc2c(c1)CCCC2CNC(=O)N1CCCC(O)C1. The van der Waals surface area contributed by atoms with E-state index in [1.807, 2.05) is 6.07 Å². The molecule has 1 fully saturated rings. The lowest BCUT2D eigenvalue weighted by molar-refractivity contribution is 0.0841. The highest BCUT2D eigenvalue weighted by molar-refractivity contribution is 5.74. The smallest absolute Gasteiger partial charge is 0.317 e. The second kappa shape index (κ2) is 7.21. The lowest BCUT2D eigenvalue weighted by Crippen LogP contribution is -2.48. The van der Waals surface area contributed by atoms with Crippen LogP contribution in [0.4, 0.5) is 4.79 Å². The van der Waals surface area contributed by atoms with Gasteiger partial charge in [-0.25, -0.2) is 4.79 Å². The van der Waals surface area contributed by atoms with Crippen LogP contribution in [-0.2, 0) is 6.42 Å². The summed E-state index contributed by atoms with van der Waals surface area (Å²) in [6.45, 7) is 1.84. The van der Waals surface area contributed by atoms with Crippen LogP contribution in [0.15, 0.2) is 18.2 Å². The van der Waals surface area contributed by atoms with Crippen molar-refractivity contribution in [2.45, 2.75) is 44.1 Å². The molecule has 2 aliphatic rings. The number of piperidine rings is 1. The summed E-state index contributed by atoms with van der Waals surface area (Å²) in [6.07, 6.45) is 4.61. The number of β-amino-alcohol motifs (C(OH)–C–C–N with tert-alkyl or cyclic N) is 1. The van der Waals surface area contributed by atoms with Gasteiger partial charge in [-0.05, 0) is 55.4 Å². The highest BCUT2D eigenvalue weighted by Crippen LogP contribution is 2.33. The zero-order valence-corrected chi connectivity index (χ0v) is 13.8. The van der Waals surface area contributed by atoms with E-state index in [4.69, 9.17) is 4.74 Å². The Labute approximate surface area is 137 Å². The molecule has 1 aromatic rings. The fraction of sp³-hybridized carbons (Fsp3) is 0.611. The highest BCUT2D eigenvalue weighted by Gasteiger charge is 2.24. The van der Waals surface area contributed by atoms with Crippen LogP contribution in [0, 0.1) is 0 Å². The first-order valence-corrected chi connectivity index (χ1v) is 8.55. The van der Waals surface area contributed by atoms with Crippen LogP contribution in [0.1, 0.15) is 42.7 Å². The molecule has 0 radical (unpaired) electrons. The summed E-state index contributed by atoms with van der Waals surface area (Å²) in [5.74, 6) is 1.26. The monoisotopic (exact) mass is 318 g/mol. The standard InChI is InChI=1S/C18H26N2O3/c1-23-16-7-8-17-13(10-16)4-2-5-14(17)11-19-18(22)20-9-3-6-15(21)12-20/h7-8,10,14-15,21H,2-6,9,11-12H2,1H3,(H,19,22). The molecule has 0 spiro atoms. The summed E-state index contributed by atoms with van der Waals surface area (Å²) in [5.41, 5.74) is 2.67. The predicted octanol–water partition coefficient (Wildman–Crippen LogP) is 2.28. The lowest BCUT2D eigenvalue weighted by atomic mass is 9.82. The number of aliphatic hydroxyl groups is 1. The molecule has 2 unspecified atom stereocenters. The Morgan fingerprint density at radius 3 is 3.04 bits per heavy atom. The molecule has 1 aliphatic heterocycles. The van der Waals surface area contributed by atoms with Crippen LogP contribution in [0.3, 0.4) is 0 Å². The highest BCUT2D eigenvalue weighted by atomic mass is 16.5. The minimum atomic E-state index is -0.377. The molecular weight excluding hydrogens is 292 g/mol. The topological polar surface area (TPSA) is 61.8 Å². The Balaban J connectivity index is 1.60. The zero-order valence-electron chi connectivity index (χ0n) is 13.8. The summed E-state index contributed by atoms with van der Waals surface area (Å²) < 4.78 is 5.30. The molecule has 1 aliphatic carbocycles. The van der Waals surface area contributed by atoms with Gasteiger partial charge < -0.3 is 20.1 Å². The van der Waals surface area contributed by atoms with Crippen molar-refractivity contribution in [3.63, 3.8) is 0 Å². The van der Waals surface area contributed by atoms with E-state index in [1.54, 1.807) is 12.0 Å². The van der Waals surface area contributed by atoms with Gasteiger partial charge in [-0.1, -0.05) is 6.07 Å². The molecule has 0 aromatic heterocycles. The summed E-state index contributed by atoms with van der Waals surface area (Å²) in [6, 6.07) is 6.20. The fourth-order valence-corrected chi connectivity index (χ4v) is 3.69. The maximum absolute atomic E-state index is 12.3. The molecule has 1 heterocycles. The minimum Gasteiger partial charge on any atom is -0.497 e. The first-order valence-electron chi connectivity index (χ1n) is 8.55. The van der Waals surface area contributed by atoms with Crippen molar-refractivity contribution in [3.8, 4) is 5.75 Å². The van der Waals surface area contributed by atoms with Gasteiger partial charge in [0.2, 0.25) is 0 Å². The van der Waals surface area contributed by atoms with Crippen LogP contribution < -0.4 is 10.1 Å². The summed E-state index contributed by atoms with van der Waals surface area (Å²) >= 11 is 0. The molecule has 1 aromatic carbocycles. The minimum absolute atomic E-state index is 0.0515. The molecule has 0 bridgehead atoms. The number of carbonyl (C=O) groups is 1. The van der Waals surface area contributed by atoms with Crippen LogP contribution in [0.2, 0.25) is 0 Å². The number of carbonyl (C=O) groups excluding carboxylic acids is 1. The molecule has 2 atom stereocenters. The number of nitrogens with zero attached hydrogens (tertiary/aromatic N) is 1. The maximum atomic E-state index is 12.3. The Bertz CT molecular complexity index is 561. The quantitative estimate of drug-likeness (QED) is 0.899. The van der Waals surface area contributed by atoms with Crippen molar-refractivity contribution in [3.05, 3.63) is 29.3 Å². The van der Waals surface area contributed by atoms with Gasteiger partial charge in [0, 0.05) is 25.6 Å². The Hall–Kier alpha value is -1.75. The number of urea groups is 1. The first kappa shape index (κ1) is 16.1. The van der Waals surface area contributed by atoms with Gasteiger partial charge in [0.1, 0.15) is 5.75 Å². The van der Waals surface area contributed by atoms with Gasteiger partial charge in [0.05, 0.1) is 13.2 Å². The number of rotatable bonds is 3. The molecular formula is C18H26N2O3. The van der Waals surface area contributed by atoms with Gasteiger partial charge >= 0.3 is 6.03 Å². The molecule has 2 amide bonds.